The van der Waals surface area contributed by atoms with Gasteiger partial charge in [-0.15, -0.1) is 0 Å². The van der Waals surface area contributed by atoms with Gasteiger partial charge in [-0.2, -0.15) is 4.90 Å². The van der Waals surface area contributed by atoms with Gasteiger partial charge in [-0.25, -0.2) is 14.4 Å². The molecule has 0 bridgehead atoms. The van der Waals surface area contributed by atoms with E-state index in [2.05, 4.69) is 13.8 Å². The second-order valence-electron chi connectivity index (χ2n) is 12.8. The zero-order valence-corrected chi connectivity index (χ0v) is 24.3. The summed E-state index contributed by atoms with van der Waals surface area (Å²) in [6, 6.07) is -1.36. The molecule has 0 radical (unpaired) electrons. The summed E-state index contributed by atoms with van der Waals surface area (Å²) in [6.45, 7) is 16.3. The first-order valence-electron chi connectivity index (χ1n) is 13.8. The Kier molecular flexibility index (Phi) is 11.2. The van der Waals surface area contributed by atoms with Crippen LogP contribution in [0.2, 0.25) is 0 Å². The number of rotatable bonds is 6. The van der Waals surface area contributed by atoms with Crippen molar-refractivity contribution in [3.05, 3.63) is 0 Å². The molecule has 1 saturated carbocycles. The molecular formula is C28H49NO8. The highest BCUT2D eigenvalue weighted by molar-refractivity contribution is 5.94. The topological polar surface area (TPSA) is 101 Å². The second-order valence-corrected chi connectivity index (χ2v) is 12.8. The van der Waals surface area contributed by atoms with Gasteiger partial charge in [0.2, 0.25) is 0 Å². The zero-order chi connectivity index (χ0) is 28.0. The molecule has 2 rings (SSSR count). The SMILES string of the molecule is CC(C)CC[C@H]1COC[C@H](N(C(=O)OC(C)(C)C)C(=O)OC(C)(C)C)C(=O)O[C@@H](C)[C@@H]1OC1CCCC1. The summed E-state index contributed by atoms with van der Waals surface area (Å²) in [5.41, 5.74) is -1.79. The number of hydrogen-bond donors (Lipinski definition) is 0. The highest BCUT2D eigenvalue weighted by Crippen LogP contribution is 2.30. The number of carbonyl (C=O) groups is 3. The average Bonchev–Trinajstić information content (AvgIpc) is 3.24. The van der Waals surface area contributed by atoms with E-state index in [0.29, 0.717) is 17.4 Å². The smallest absolute Gasteiger partial charge is 0.420 e. The van der Waals surface area contributed by atoms with Crippen LogP contribution in [-0.4, -0.2) is 71.8 Å². The van der Waals surface area contributed by atoms with E-state index < -0.39 is 41.5 Å². The molecule has 0 N–H and O–H groups in total. The van der Waals surface area contributed by atoms with E-state index in [1.54, 1.807) is 41.5 Å². The highest BCUT2D eigenvalue weighted by Gasteiger charge is 2.44. The Labute approximate surface area is 222 Å². The molecule has 0 aromatic carbocycles. The maximum absolute atomic E-state index is 13.5. The van der Waals surface area contributed by atoms with Crippen LogP contribution >= 0.6 is 0 Å². The Bertz CT molecular complexity index is 735. The molecule has 0 aromatic heterocycles. The highest BCUT2D eigenvalue weighted by atomic mass is 16.6. The third kappa shape index (κ3) is 10.4. The van der Waals surface area contributed by atoms with Gasteiger partial charge in [-0.3, -0.25) is 0 Å². The van der Waals surface area contributed by atoms with Crippen molar-refractivity contribution < 1.29 is 38.1 Å². The van der Waals surface area contributed by atoms with Crippen LogP contribution in [0.15, 0.2) is 0 Å². The van der Waals surface area contributed by atoms with E-state index >= 15 is 0 Å². The van der Waals surface area contributed by atoms with Crippen molar-refractivity contribution in [1.29, 1.82) is 0 Å². The van der Waals surface area contributed by atoms with E-state index in [1.807, 2.05) is 6.92 Å². The van der Waals surface area contributed by atoms with E-state index in [4.69, 9.17) is 23.7 Å². The van der Waals surface area contributed by atoms with Gasteiger partial charge in [0.15, 0.2) is 6.04 Å². The molecular weight excluding hydrogens is 478 g/mol. The lowest BCUT2D eigenvalue weighted by Crippen LogP contribution is -2.54. The molecule has 0 aromatic rings. The molecule has 2 amide bonds. The monoisotopic (exact) mass is 527 g/mol. The fraction of sp³-hybridized carbons (Fsp3) is 0.893. The van der Waals surface area contributed by atoms with Crippen molar-refractivity contribution >= 4 is 18.2 Å². The van der Waals surface area contributed by atoms with Crippen LogP contribution in [0, 0.1) is 11.8 Å². The van der Waals surface area contributed by atoms with Gasteiger partial charge < -0.3 is 23.7 Å². The molecule has 214 valence electrons. The van der Waals surface area contributed by atoms with Gasteiger partial charge in [0.1, 0.15) is 17.3 Å². The molecule has 2 aliphatic rings. The van der Waals surface area contributed by atoms with Crippen molar-refractivity contribution in [3.63, 3.8) is 0 Å². The molecule has 0 spiro atoms. The summed E-state index contributed by atoms with van der Waals surface area (Å²) >= 11 is 0. The molecule has 1 saturated heterocycles. The summed E-state index contributed by atoms with van der Waals surface area (Å²) < 4.78 is 29.4. The molecule has 1 heterocycles. The lowest BCUT2D eigenvalue weighted by Gasteiger charge is -2.34. The lowest BCUT2D eigenvalue weighted by atomic mass is 9.91. The molecule has 9 nitrogen and oxygen atoms in total. The van der Waals surface area contributed by atoms with Crippen LogP contribution in [-0.2, 0) is 28.5 Å². The minimum absolute atomic E-state index is 0.000975. The van der Waals surface area contributed by atoms with Crippen molar-refractivity contribution in [1.82, 2.24) is 4.90 Å². The van der Waals surface area contributed by atoms with Crippen molar-refractivity contribution in [2.24, 2.45) is 11.8 Å². The zero-order valence-electron chi connectivity index (χ0n) is 24.3. The number of amides is 2. The van der Waals surface area contributed by atoms with Gasteiger partial charge in [0.05, 0.1) is 25.4 Å². The van der Waals surface area contributed by atoms with Gasteiger partial charge in [-0.05, 0) is 73.6 Å². The van der Waals surface area contributed by atoms with Crippen LogP contribution in [0.25, 0.3) is 0 Å². The summed E-state index contributed by atoms with van der Waals surface area (Å²) in [5, 5.41) is 0. The molecule has 9 heteroatoms. The second kappa shape index (κ2) is 13.3. The summed E-state index contributed by atoms with van der Waals surface area (Å²) in [6.07, 6.45) is 3.27. The third-order valence-electron chi connectivity index (χ3n) is 6.37. The van der Waals surface area contributed by atoms with Crippen LogP contribution in [0.4, 0.5) is 9.59 Å². The number of nitrogens with zero attached hydrogens (tertiary/aromatic N) is 1. The van der Waals surface area contributed by atoms with Crippen molar-refractivity contribution in [3.8, 4) is 0 Å². The van der Waals surface area contributed by atoms with Gasteiger partial charge in [0, 0.05) is 5.92 Å². The lowest BCUT2D eigenvalue weighted by molar-refractivity contribution is -0.167. The van der Waals surface area contributed by atoms with Crippen LogP contribution in [0.1, 0.15) is 101 Å². The fourth-order valence-corrected chi connectivity index (χ4v) is 4.60. The first kappa shape index (κ1) is 31.3. The van der Waals surface area contributed by atoms with E-state index in [0.717, 1.165) is 38.5 Å². The van der Waals surface area contributed by atoms with E-state index in [1.165, 1.54) is 0 Å². The fourth-order valence-electron chi connectivity index (χ4n) is 4.60. The summed E-state index contributed by atoms with van der Waals surface area (Å²) in [4.78, 5) is 40.4. The number of carbonyl (C=O) groups excluding carboxylic acids is 3. The van der Waals surface area contributed by atoms with Crippen LogP contribution < -0.4 is 0 Å². The number of imide groups is 1. The van der Waals surface area contributed by atoms with Gasteiger partial charge in [0.25, 0.3) is 0 Å². The Balaban J connectivity index is 2.34. The van der Waals surface area contributed by atoms with Crippen LogP contribution in [0.3, 0.4) is 0 Å². The molecule has 0 unspecified atom stereocenters. The van der Waals surface area contributed by atoms with Crippen molar-refractivity contribution in [2.75, 3.05) is 13.2 Å². The molecule has 1 aliphatic heterocycles. The number of hydrogen-bond acceptors (Lipinski definition) is 8. The minimum Gasteiger partial charge on any atom is -0.458 e. The maximum atomic E-state index is 13.5. The maximum Gasteiger partial charge on any atom is 0.420 e. The quantitative estimate of drug-likeness (QED) is 0.312. The van der Waals surface area contributed by atoms with E-state index in [9.17, 15) is 14.4 Å². The predicted octanol–water partition coefficient (Wildman–Crippen LogP) is 5.87. The summed E-state index contributed by atoms with van der Waals surface area (Å²) in [5.74, 6) is -0.255. The Morgan fingerprint density at radius 3 is 2.00 bits per heavy atom. The standard InChI is InChI=1S/C28H49NO8/c1-18(2)14-15-20-16-33-17-22(24(30)34-19(3)23(20)35-21-12-10-11-13-21)29(25(31)36-27(4,5)6)26(32)37-28(7,8)9/h18-23H,10-17H2,1-9H3/t19-,20-,22-,23-/m0/s1. The number of cyclic esters (lactones) is 1. The molecule has 4 atom stereocenters. The number of esters is 1. The normalized spacial score (nSPS) is 26.2. The number of ether oxygens (including phenoxy) is 5. The molecule has 37 heavy (non-hydrogen) atoms. The van der Waals surface area contributed by atoms with Gasteiger partial charge in [-0.1, -0.05) is 33.1 Å². The molecule has 2 fully saturated rings. The van der Waals surface area contributed by atoms with Gasteiger partial charge >= 0.3 is 18.2 Å². The van der Waals surface area contributed by atoms with Crippen molar-refractivity contribution in [2.45, 2.75) is 136 Å². The largest absolute Gasteiger partial charge is 0.458 e. The minimum atomic E-state index is -1.36. The Morgan fingerprint density at radius 2 is 1.51 bits per heavy atom. The average molecular weight is 528 g/mol. The Hall–Kier alpha value is -1.87. The first-order chi connectivity index (χ1) is 17.1. The van der Waals surface area contributed by atoms with E-state index in [-0.39, 0.29) is 24.7 Å². The first-order valence-corrected chi connectivity index (χ1v) is 13.8. The summed E-state index contributed by atoms with van der Waals surface area (Å²) in [7, 11) is 0. The Morgan fingerprint density at radius 1 is 0.973 bits per heavy atom. The predicted molar refractivity (Wildman–Crippen MR) is 139 cm³/mol. The molecule has 1 aliphatic carbocycles. The van der Waals surface area contributed by atoms with Crippen LogP contribution in [0.5, 0.6) is 0 Å². The third-order valence-corrected chi connectivity index (χ3v) is 6.37.